The van der Waals surface area contributed by atoms with Crippen LogP contribution in [0.15, 0.2) is 36.4 Å². The molecule has 1 saturated heterocycles. The molecule has 1 aromatic rings. The monoisotopic (exact) mass is 232 g/mol. The van der Waals surface area contributed by atoms with Gasteiger partial charge in [-0.1, -0.05) is 6.58 Å². The van der Waals surface area contributed by atoms with Gasteiger partial charge in [0.1, 0.15) is 5.75 Å². The lowest BCUT2D eigenvalue weighted by Gasteiger charge is -2.31. The topological polar surface area (TPSA) is 41.6 Å². The molecule has 4 nitrogen and oxygen atoms in total. The third kappa shape index (κ3) is 1.75. The third-order valence-corrected chi connectivity index (χ3v) is 3.12. The van der Waals surface area contributed by atoms with Crippen molar-refractivity contribution in [3.8, 4) is 5.75 Å². The molecule has 1 fully saturated rings. The summed E-state index contributed by atoms with van der Waals surface area (Å²) < 4.78 is 5.10. The largest absolute Gasteiger partial charge is 0.497 e. The minimum Gasteiger partial charge on any atom is -0.497 e. The lowest BCUT2D eigenvalue weighted by molar-refractivity contribution is -0.116. The number of hydrogen-bond donors (Lipinski definition) is 1. The zero-order valence-corrected chi connectivity index (χ0v) is 10.3. The van der Waals surface area contributed by atoms with Crippen LogP contribution in [0.1, 0.15) is 13.8 Å². The van der Waals surface area contributed by atoms with Gasteiger partial charge in [0.15, 0.2) is 0 Å². The molecule has 90 valence electrons. The SMILES string of the molecule is C=C1C(=O)NN(c2ccc(OC)cc2)C1(C)C. The Morgan fingerprint density at radius 3 is 2.29 bits per heavy atom. The molecule has 4 heteroatoms. The van der Waals surface area contributed by atoms with Gasteiger partial charge in [0, 0.05) is 5.57 Å². The van der Waals surface area contributed by atoms with Crippen LogP contribution in [-0.4, -0.2) is 18.6 Å². The van der Waals surface area contributed by atoms with Gasteiger partial charge in [0.05, 0.1) is 18.3 Å². The van der Waals surface area contributed by atoms with Crippen LogP contribution in [0.4, 0.5) is 5.69 Å². The molecular weight excluding hydrogens is 216 g/mol. The Labute approximate surface area is 101 Å². The van der Waals surface area contributed by atoms with Gasteiger partial charge in [-0.3, -0.25) is 15.2 Å². The number of nitrogens with zero attached hydrogens (tertiary/aromatic N) is 1. The predicted molar refractivity (Wildman–Crippen MR) is 66.8 cm³/mol. The van der Waals surface area contributed by atoms with Crippen LogP contribution >= 0.6 is 0 Å². The van der Waals surface area contributed by atoms with E-state index in [1.807, 2.05) is 43.1 Å². The Kier molecular flexibility index (Phi) is 2.58. The molecule has 0 bridgehead atoms. The maximum Gasteiger partial charge on any atom is 0.267 e. The van der Waals surface area contributed by atoms with Gasteiger partial charge < -0.3 is 4.74 Å². The Hall–Kier alpha value is -1.97. The number of benzene rings is 1. The van der Waals surface area contributed by atoms with Crippen molar-refractivity contribution >= 4 is 11.6 Å². The first-order chi connectivity index (χ1) is 7.96. The Bertz CT molecular complexity index is 463. The molecule has 1 N–H and O–H groups in total. The Morgan fingerprint density at radius 1 is 1.29 bits per heavy atom. The van der Waals surface area contributed by atoms with E-state index in [2.05, 4.69) is 12.0 Å². The highest BCUT2D eigenvalue weighted by Crippen LogP contribution is 2.32. The molecule has 17 heavy (non-hydrogen) atoms. The van der Waals surface area contributed by atoms with Gasteiger partial charge in [-0.15, -0.1) is 0 Å². The van der Waals surface area contributed by atoms with Crippen molar-refractivity contribution in [3.63, 3.8) is 0 Å². The first kappa shape index (κ1) is 11.5. The molecule has 1 heterocycles. The first-order valence-electron chi connectivity index (χ1n) is 5.41. The van der Waals surface area contributed by atoms with Gasteiger partial charge in [0.2, 0.25) is 0 Å². The van der Waals surface area contributed by atoms with Crippen molar-refractivity contribution in [3.05, 3.63) is 36.4 Å². The fourth-order valence-corrected chi connectivity index (χ4v) is 1.84. The minimum atomic E-state index is -0.425. The predicted octanol–water partition coefficient (Wildman–Crippen LogP) is 1.88. The number of ether oxygens (including phenoxy) is 1. The summed E-state index contributed by atoms with van der Waals surface area (Å²) in [5.41, 5.74) is 3.85. The molecule has 1 aromatic carbocycles. The van der Waals surface area contributed by atoms with E-state index < -0.39 is 5.54 Å². The molecule has 1 aliphatic heterocycles. The first-order valence-corrected chi connectivity index (χ1v) is 5.41. The average molecular weight is 232 g/mol. The molecule has 1 aliphatic rings. The summed E-state index contributed by atoms with van der Waals surface area (Å²) in [6.07, 6.45) is 0. The van der Waals surface area contributed by atoms with E-state index in [1.54, 1.807) is 7.11 Å². The third-order valence-electron chi connectivity index (χ3n) is 3.12. The summed E-state index contributed by atoms with van der Waals surface area (Å²) in [6.45, 7) is 7.73. The molecule has 0 radical (unpaired) electrons. The van der Waals surface area contributed by atoms with E-state index in [0.29, 0.717) is 5.57 Å². The van der Waals surface area contributed by atoms with Gasteiger partial charge in [-0.05, 0) is 38.1 Å². The van der Waals surface area contributed by atoms with Crippen molar-refractivity contribution in [1.29, 1.82) is 0 Å². The van der Waals surface area contributed by atoms with E-state index in [-0.39, 0.29) is 5.91 Å². The maximum atomic E-state index is 11.6. The number of methoxy groups -OCH3 is 1. The van der Waals surface area contributed by atoms with E-state index in [0.717, 1.165) is 11.4 Å². The van der Waals surface area contributed by atoms with Gasteiger partial charge in [-0.25, -0.2) is 0 Å². The van der Waals surface area contributed by atoms with E-state index in [1.165, 1.54) is 0 Å². The number of rotatable bonds is 2. The molecule has 0 atom stereocenters. The van der Waals surface area contributed by atoms with Crippen LogP contribution in [0, 0.1) is 0 Å². The van der Waals surface area contributed by atoms with Crippen molar-refractivity contribution in [2.75, 3.05) is 12.1 Å². The smallest absolute Gasteiger partial charge is 0.267 e. The maximum absolute atomic E-state index is 11.6. The summed E-state index contributed by atoms with van der Waals surface area (Å²) in [6, 6.07) is 7.52. The molecule has 0 spiro atoms. The fraction of sp³-hybridized carbons (Fsp3) is 0.308. The van der Waals surface area contributed by atoms with E-state index >= 15 is 0 Å². The lowest BCUT2D eigenvalue weighted by Crippen LogP contribution is -2.44. The van der Waals surface area contributed by atoms with Crippen LogP contribution in [0.2, 0.25) is 0 Å². The van der Waals surface area contributed by atoms with Gasteiger partial charge in [0.25, 0.3) is 5.91 Å². The van der Waals surface area contributed by atoms with Crippen LogP contribution in [0.5, 0.6) is 5.75 Å². The molecule has 0 saturated carbocycles. The van der Waals surface area contributed by atoms with Crippen LogP contribution < -0.4 is 15.2 Å². The summed E-state index contributed by atoms with van der Waals surface area (Å²) in [7, 11) is 1.62. The quantitative estimate of drug-likeness (QED) is 0.792. The summed E-state index contributed by atoms with van der Waals surface area (Å²) in [4.78, 5) is 11.6. The fourth-order valence-electron chi connectivity index (χ4n) is 1.84. The molecule has 2 rings (SSSR count). The second kappa shape index (κ2) is 3.80. The Morgan fingerprint density at radius 2 is 1.88 bits per heavy atom. The summed E-state index contributed by atoms with van der Waals surface area (Å²) in [5, 5.41) is 1.82. The number of carbonyl (C=O) groups excluding carboxylic acids is 1. The highest BCUT2D eigenvalue weighted by molar-refractivity contribution is 6.00. The van der Waals surface area contributed by atoms with Crippen molar-refractivity contribution < 1.29 is 9.53 Å². The van der Waals surface area contributed by atoms with Crippen molar-refractivity contribution in [2.24, 2.45) is 0 Å². The zero-order chi connectivity index (χ0) is 12.6. The normalized spacial score (nSPS) is 18.2. The van der Waals surface area contributed by atoms with E-state index in [9.17, 15) is 4.79 Å². The number of anilines is 1. The molecule has 0 unspecified atom stereocenters. The lowest BCUT2D eigenvalue weighted by atomic mass is 9.96. The summed E-state index contributed by atoms with van der Waals surface area (Å²) in [5.74, 6) is 0.654. The molecule has 0 aromatic heterocycles. The highest BCUT2D eigenvalue weighted by Gasteiger charge is 2.41. The number of carbonyl (C=O) groups is 1. The zero-order valence-electron chi connectivity index (χ0n) is 10.3. The second-order valence-electron chi connectivity index (χ2n) is 4.51. The van der Waals surface area contributed by atoms with E-state index in [4.69, 9.17) is 4.74 Å². The van der Waals surface area contributed by atoms with Gasteiger partial charge >= 0.3 is 0 Å². The molecular formula is C13H16N2O2. The standard InChI is InChI=1S/C13H16N2O2/c1-9-12(16)14-15(13(9,2)3)10-5-7-11(17-4)8-6-10/h5-8H,1H2,2-4H3,(H,14,16). The average Bonchev–Trinajstić information content (AvgIpc) is 2.53. The van der Waals surface area contributed by atoms with Crippen LogP contribution in [0.3, 0.4) is 0 Å². The molecule has 0 aliphatic carbocycles. The molecule has 1 amide bonds. The number of hydrazine groups is 1. The summed E-state index contributed by atoms with van der Waals surface area (Å²) >= 11 is 0. The van der Waals surface area contributed by atoms with Crippen LogP contribution in [0.25, 0.3) is 0 Å². The second-order valence-corrected chi connectivity index (χ2v) is 4.51. The van der Waals surface area contributed by atoms with Crippen molar-refractivity contribution in [2.45, 2.75) is 19.4 Å². The number of hydrogen-bond acceptors (Lipinski definition) is 3. The Balaban J connectivity index is 2.34. The van der Waals surface area contributed by atoms with Crippen molar-refractivity contribution in [1.82, 2.24) is 5.43 Å². The number of nitrogens with one attached hydrogen (secondary N) is 1. The van der Waals surface area contributed by atoms with Crippen LogP contribution in [-0.2, 0) is 4.79 Å². The minimum absolute atomic E-state index is 0.134. The number of amides is 1. The highest BCUT2D eigenvalue weighted by atomic mass is 16.5. The van der Waals surface area contributed by atoms with Gasteiger partial charge in [-0.2, -0.15) is 0 Å².